The molecule has 0 aromatic carbocycles. The van der Waals surface area contributed by atoms with E-state index < -0.39 is 5.60 Å². The van der Waals surface area contributed by atoms with Gasteiger partial charge in [0.05, 0.1) is 12.2 Å². The van der Waals surface area contributed by atoms with Crippen LogP contribution in [0.5, 0.6) is 0 Å². The third-order valence-electron chi connectivity index (χ3n) is 1.04. The first-order valence-electron chi connectivity index (χ1n) is 3.48. The van der Waals surface area contributed by atoms with Crippen molar-refractivity contribution in [3.8, 4) is 0 Å². The zero-order valence-corrected chi connectivity index (χ0v) is 6.98. The molecule has 0 aliphatic rings. The molecule has 10 heavy (non-hydrogen) atoms. The molecule has 0 aromatic heterocycles. The van der Waals surface area contributed by atoms with E-state index in [0.717, 1.165) is 6.54 Å². The first-order chi connectivity index (χ1) is 4.56. The quantitative estimate of drug-likeness (QED) is 0.538. The summed E-state index contributed by atoms with van der Waals surface area (Å²) in [4.78, 5) is 0. The van der Waals surface area contributed by atoms with Gasteiger partial charge >= 0.3 is 0 Å². The average molecular weight is 147 g/mol. The van der Waals surface area contributed by atoms with Gasteiger partial charge in [-0.3, -0.25) is 0 Å². The van der Waals surface area contributed by atoms with Gasteiger partial charge in [0.2, 0.25) is 0 Å². The number of hydrogen-bond acceptors (Lipinski definition) is 3. The minimum Gasteiger partial charge on any atom is -0.389 e. The lowest BCUT2D eigenvalue weighted by atomic mass is 10.1. The predicted octanol–water partition coefficient (Wildman–Crippen LogP) is -0.00670. The van der Waals surface area contributed by atoms with Gasteiger partial charge < -0.3 is 15.2 Å². The highest BCUT2D eigenvalue weighted by molar-refractivity contribution is 4.67. The lowest BCUT2D eigenvalue weighted by Crippen LogP contribution is -2.36. The fraction of sp³-hybridized carbons (Fsp3) is 1.00. The lowest BCUT2D eigenvalue weighted by molar-refractivity contribution is 0.0772. The van der Waals surface area contributed by atoms with Crippen molar-refractivity contribution in [1.82, 2.24) is 5.32 Å². The summed E-state index contributed by atoms with van der Waals surface area (Å²) < 4.78 is 4.81. The zero-order chi connectivity index (χ0) is 8.04. The average Bonchev–Trinajstić information content (AvgIpc) is 1.78. The van der Waals surface area contributed by atoms with E-state index in [2.05, 4.69) is 5.32 Å². The van der Waals surface area contributed by atoms with E-state index >= 15 is 0 Å². The Labute approximate surface area is 62.4 Å². The van der Waals surface area contributed by atoms with E-state index in [1.165, 1.54) is 0 Å². The summed E-state index contributed by atoms with van der Waals surface area (Å²) in [7, 11) is 1.66. The maximum atomic E-state index is 9.21. The summed E-state index contributed by atoms with van der Waals surface area (Å²) in [5.74, 6) is 0. The van der Waals surface area contributed by atoms with Crippen molar-refractivity contribution in [3.05, 3.63) is 0 Å². The molecule has 3 heteroatoms. The van der Waals surface area contributed by atoms with Crippen LogP contribution in [0.3, 0.4) is 0 Å². The Balaban J connectivity index is 3.04. The SMILES string of the molecule is COCCNCC(C)(C)O. The van der Waals surface area contributed by atoms with Gasteiger partial charge in [0.25, 0.3) is 0 Å². The topological polar surface area (TPSA) is 41.5 Å². The molecule has 3 nitrogen and oxygen atoms in total. The molecular formula is C7H17NO2. The molecule has 0 saturated carbocycles. The minimum atomic E-state index is -0.617. The molecule has 0 unspecified atom stereocenters. The molecule has 0 aliphatic carbocycles. The van der Waals surface area contributed by atoms with Crippen molar-refractivity contribution >= 4 is 0 Å². The van der Waals surface area contributed by atoms with Crippen LogP contribution >= 0.6 is 0 Å². The Bertz CT molecular complexity index is 78.2. The Hall–Kier alpha value is -0.120. The van der Waals surface area contributed by atoms with Crippen LogP contribution in [0.2, 0.25) is 0 Å². The van der Waals surface area contributed by atoms with Gasteiger partial charge in [0.15, 0.2) is 0 Å². The van der Waals surface area contributed by atoms with Crippen LogP contribution in [0.1, 0.15) is 13.8 Å². The van der Waals surface area contributed by atoms with Crippen LogP contribution in [0.4, 0.5) is 0 Å². The molecule has 2 N–H and O–H groups in total. The van der Waals surface area contributed by atoms with Gasteiger partial charge in [-0.05, 0) is 13.8 Å². The zero-order valence-electron chi connectivity index (χ0n) is 6.98. The van der Waals surface area contributed by atoms with Crippen molar-refractivity contribution in [2.75, 3.05) is 26.8 Å². The Morgan fingerprint density at radius 1 is 1.50 bits per heavy atom. The summed E-state index contributed by atoms with van der Waals surface area (Å²) in [6.07, 6.45) is 0. The maximum Gasteiger partial charge on any atom is 0.0715 e. The highest BCUT2D eigenvalue weighted by Gasteiger charge is 2.10. The lowest BCUT2D eigenvalue weighted by Gasteiger charge is -2.17. The number of methoxy groups -OCH3 is 1. The minimum absolute atomic E-state index is 0.607. The molecule has 0 radical (unpaired) electrons. The number of rotatable bonds is 5. The maximum absolute atomic E-state index is 9.21. The van der Waals surface area contributed by atoms with Gasteiger partial charge in [0, 0.05) is 20.2 Å². The van der Waals surface area contributed by atoms with E-state index in [1.807, 2.05) is 0 Å². The molecule has 0 aromatic rings. The van der Waals surface area contributed by atoms with Crippen molar-refractivity contribution in [3.63, 3.8) is 0 Å². The van der Waals surface area contributed by atoms with E-state index in [1.54, 1.807) is 21.0 Å². The van der Waals surface area contributed by atoms with Gasteiger partial charge in [-0.2, -0.15) is 0 Å². The summed E-state index contributed by atoms with van der Waals surface area (Å²) in [5, 5.41) is 12.3. The summed E-state index contributed by atoms with van der Waals surface area (Å²) in [6.45, 7) is 5.63. The second-order valence-electron chi connectivity index (χ2n) is 2.98. The highest BCUT2D eigenvalue weighted by Crippen LogP contribution is 1.96. The molecule has 0 rings (SSSR count). The Morgan fingerprint density at radius 3 is 2.50 bits per heavy atom. The normalized spacial score (nSPS) is 12.0. The van der Waals surface area contributed by atoms with Crippen molar-refractivity contribution in [2.45, 2.75) is 19.4 Å². The van der Waals surface area contributed by atoms with E-state index in [0.29, 0.717) is 13.2 Å². The largest absolute Gasteiger partial charge is 0.389 e. The van der Waals surface area contributed by atoms with Crippen molar-refractivity contribution < 1.29 is 9.84 Å². The standard InChI is InChI=1S/C7H17NO2/c1-7(2,9)6-8-4-5-10-3/h8-9H,4-6H2,1-3H3. The number of ether oxygens (including phenoxy) is 1. The van der Waals surface area contributed by atoms with Crippen LogP contribution in [-0.4, -0.2) is 37.5 Å². The summed E-state index contributed by atoms with van der Waals surface area (Å²) >= 11 is 0. The first kappa shape index (κ1) is 9.88. The van der Waals surface area contributed by atoms with Gasteiger partial charge in [-0.25, -0.2) is 0 Å². The highest BCUT2D eigenvalue weighted by atomic mass is 16.5. The first-order valence-corrected chi connectivity index (χ1v) is 3.48. The van der Waals surface area contributed by atoms with Crippen LogP contribution < -0.4 is 5.32 Å². The van der Waals surface area contributed by atoms with Gasteiger partial charge in [-0.1, -0.05) is 0 Å². The predicted molar refractivity (Wildman–Crippen MR) is 41.0 cm³/mol. The Kier molecular flexibility index (Phi) is 4.60. The Morgan fingerprint density at radius 2 is 2.10 bits per heavy atom. The molecule has 0 heterocycles. The second kappa shape index (κ2) is 4.66. The second-order valence-corrected chi connectivity index (χ2v) is 2.98. The molecule has 0 spiro atoms. The van der Waals surface area contributed by atoms with E-state index in [4.69, 9.17) is 4.74 Å². The molecular weight excluding hydrogens is 130 g/mol. The van der Waals surface area contributed by atoms with E-state index in [9.17, 15) is 5.11 Å². The number of hydrogen-bond donors (Lipinski definition) is 2. The molecule has 62 valence electrons. The third kappa shape index (κ3) is 7.88. The van der Waals surface area contributed by atoms with E-state index in [-0.39, 0.29) is 0 Å². The monoisotopic (exact) mass is 147 g/mol. The summed E-state index contributed by atoms with van der Waals surface area (Å²) in [6, 6.07) is 0. The third-order valence-corrected chi connectivity index (χ3v) is 1.04. The smallest absolute Gasteiger partial charge is 0.0715 e. The molecule has 0 saturated heterocycles. The summed E-state index contributed by atoms with van der Waals surface area (Å²) in [5.41, 5.74) is -0.617. The molecule has 0 aliphatic heterocycles. The molecule has 0 atom stereocenters. The van der Waals surface area contributed by atoms with Crippen LogP contribution in [0, 0.1) is 0 Å². The van der Waals surface area contributed by atoms with Crippen LogP contribution in [-0.2, 0) is 4.74 Å². The van der Waals surface area contributed by atoms with Crippen LogP contribution in [0.25, 0.3) is 0 Å². The van der Waals surface area contributed by atoms with Gasteiger partial charge in [-0.15, -0.1) is 0 Å². The number of aliphatic hydroxyl groups is 1. The van der Waals surface area contributed by atoms with Crippen molar-refractivity contribution in [1.29, 1.82) is 0 Å². The molecule has 0 fully saturated rings. The molecule has 0 bridgehead atoms. The van der Waals surface area contributed by atoms with Crippen LogP contribution in [0.15, 0.2) is 0 Å². The van der Waals surface area contributed by atoms with Crippen molar-refractivity contribution in [2.24, 2.45) is 0 Å². The molecule has 0 amide bonds. The van der Waals surface area contributed by atoms with Gasteiger partial charge in [0.1, 0.15) is 0 Å². The fourth-order valence-electron chi connectivity index (χ4n) is 0.569. The fourth-order valence-corrected chi connectivity index (χ4v) is 0.569. The number of nitrogens with one attached hydrogen (secondary N) is 1.